The highest BCUT2D eigenvalue weighted by molar-refractivity contribution is 7.96. The lowest BCUT2D eigenvalue weighted by Gasteiger charge is -2.26. The zero-order valence-electron chi connectivity index (χ0n) is 16.6. The van der Waals surface area contributed by atoms with E-state index in [1.807, 2.05) is 36.4 Å². The fourth-order valence-electron chi connectivity index (χ4n) is 3.00. The molecule has 3 aromatic carbocycles. The van der Waals surface area contributed by atoms with Crippen LogP contribution in [0.1, 0.15) is 29.5 Å². The summed E-state index contributed by atoms with van der Waals surface area (Å²) in [6, 6.07) is 14.9. The normalized spacial score (nSPS) is 23.0. The van der Waals surface area contributed by atoms with Gasteiger partial charge in [-0.1, -0.05) is 66.6 Å². The predicted octanol–water partition coefficient (Wildman–Crippen LogP) is 4.85. The van der Waals surface area contributed by atoms with Crippen LogP contribution in [0.4, 0.5) is 0 Å². The van der Waals surface area contributed by atoms with Gasteiger partial charge in [-0.3, -0.25) is 0 Å². The van der Waals surface area contributed by atoms with Crippen LogP contribution in [-0.2, 0) is 10.9 Å². The maximum atomic E-state index is 8.43. The van der Waals surface area contributed by atoms with Gasteiger partial charge in [-0.05, 0) is 17.7 Å². The zero-order valence-corrected chi connectivity index (χ0v) is 12.4. The maximum absolute atomic E-state index is 8.43. The fraction of sp³-hybridized carbons (Fsp3) is 0.100. The number of hydrogen-bond donors (Lipinski definition) is 0. The van der Waals surface area contributed by atoms with Crippen molar-refractivity contribution in [3.8, 4) is 0 Å². The molecule has 0 atom stereocenters. The summed E-state index contributed by atoms with van der Waals surface area (Å²) in [4.78, 5) is 2.34. The van der Waals surface area contributed by atoms with Crippen molar-refractivity contribution < 1.29 is 6.85 Å². The Morgan fingerprint density at radius 1 is 0.810 bits per heavy atom. The molecule has 0 saturated carbocycles. The summed E-state index contributed by atoms with van der Waals surface area (Å²) in [6.07, 6.45) is 2.18. The minimum Gasteiger partial charge on any atom is -0.0622 e. The molecule has 3 aromatic rings. The van der Waals surface area contributed by atoms with Gasteiger partial charge in [0.25, 0.3) is 0 Å². The third-order valence-electron chi connectivity index (χ3n) is 3.93. The van der Waals surface area contributed by atoms with Gasteiger partial charge in [0.15, 0.2) is 9.79 Å². The molecule has 1 heteroatoms. The SMILES string of the molecule is [2H]c1c([2H])c([2H])c(C2c3ccccc3[S+](C)c3ccccc32)c([2H])c1[2H]. The molecule has 21 heavy (non-hydrogen) atoms. The first-order valence-electron chi connectivity index (χ1n) is 9.34. The zero-order chi connectivity index (χ0) is 18.6. The molecule has 0 bridgehead atoms. The van der Waals surface area contributed by atoms with Crippen molar-refractivity contribution in [3.63, 3.8) is 0 Å². The van der Waals surface area contributed by atoms with E-state index in [4.69, 9.17) is 6.85 Å². The van der Waals surface area contributed by atoms with Crippen molar-refractivity contribution in [1.29, 1.82) is 0 Å². The Bertz CT molecular complexity index is 954. The molecule has 102 valence electrons. The van der Waals surface area contributed by atoms with Crippen molar-refractivity contribution >= 4 is 10.9 Å². The minimum absolute atomic E-state index is 0.116. The Labute approximate surface area is 135 Å². The van der Waals surface area contributed by atoms with Crippen LogP contribution in [0.15, 0.2) is 88.5 Å². The van der Waals surface area contributed by atoms with Crippen LogP contribution in [0, 0.1) is 0 Å². The van der Waals surface area contributed by atoms with E-state index < -0.39 is 0 Å². The van der Waals surface area contributed by atoms with Gasteiger partial charge in [0.05, 0.1) is 17.7 Å². The van der Waals surface area contributed by atoms with E-state index in [1.165, 1.54) is 9.79 Å². The molecule has 1 aliphatic heterocycles. The fourth-order valence-corrected chi connectivity index (χ4v) is 4.88. The minimum atomic E-state index is -0.361. The van der Waals surface area contributed by atoms with Gasteiger partial charge in [-0.2, -0.15) is 0 Å². The highest BCUT2D eigenvalue weighted by Crippen LogP contribution is 2.44. The summed E-state index contributed by atoms with van der Waals surface area (Å²) in [5.41, 5.74) is 2.40. The molecule has 0 aliphatic carbocycles. The van der Waals surface area contributed by atoms with Gasteiger partial charge in [-0.25, -0.2) is 0 Å². The molecule has 0 unspecified atom stereocenters. The quantitative estimate of drug-likeness (QED) is 0.563. The molecule has 0 aromatic heterocycles. The first kappa shape index (κ1) is 8.45. The van der Waals surface area contributed by atoms with E-state index in [0.29, 0.717) is 5.56 Å². The van der Waals surface area contributed by atoms with E-state index in [1.54, 1.807) is 0 Å². The van der Waals surface area contributed by atoms with Crippen LogP contribution in [-0.4, -0.2) is 6.26 Å². The van der Waals surface area contributed by atoms with Crippen LogP contribution in [0.25, 0.3) is 0 Å². The van der Waals surface area contributed by atoms with Gasteiger partial charge in [0, 0.05) is 17.0 Å². The molecule has 0 nitrogen and oxygen atoms in total. The standard InChI is InChI=1S/C20H17S/c1-21-18-13-7-5-11-16(18)20(15-9-3-2-4-10-15)17-12-6-8-14-19(17)21/h2-14,20H,1H3/q+1/i2D,3D,4D,9D,10D. The second-order valence-corrected chi connectivity index (χ2v) is 6.96. The number of hydrogen-bond acceptors (Lipinski definition) is 0. The lowest BCUT2D eigenvalue weighted by Crippen LogP contribution is -2.19. The van der Waals surface area contributed by atoms with Gasteiger partial charge in [0.1, 0.15) is 6.26 Å². The van der Waals surface area contributed by atoms with Crippen LogP contribution in [0.2, 0.25) is 0 Å². The first-order chi connectivity index (χ1) is 12.4. The Hall–Kier alpha value is -1.99. The highest BCUT2D eigenvalue weighted by Gasteiger charge is 2.37. The summed E-state index contributed by atoms with van der Waals surface area (Å²) in [5.74, 6) is -0.361. The highest BCUT2D eigenvalue weighted by atomic mass is 32.2. The number of benzene rings is 3. The molecule has 1 heterocycles. The largest absolute Gasteiger partial charge is 0.164 e. The third-order valence-corrected chi connectivity index (χ3v) is 5.99. The monoisotopic (exact) mass is 294 g/mol. The van der Waals surface area contributed by atoms with E-state index in [-0.39, 0.29) is 47.0 Å². The number of fused-ring (bicyclic) bond motifs is 2. The Morgan fingerprint density at radius 3 is 1.90 bits per heavy atom. The second-order valence-electron chi connectivity index (χ2n) is 5.06. The Balaban J connectivity index is 2.10. The van der Waals surface area contributed by atoms with E-state index >= 15 is 0 Å². The molecular weight excluding hydrogens is 272 g/mol. The van der Waals surface area contributed by atoms with Crippen molar-refractivity contribution in [2.45, 2.75) is 15.7 Å². The first-order valence-corrected chi connectivity index (χ1v) is 8.47. The topological polar surface area (TPSA) is 0 Å². The van der Waals surface area contributed by atoms with Crippen LogP contribution in [0.3, 0.4) is 0 Å². The van der Waals surface area contributed by atoms with Gasteiger partial charge < -0.3 is 0 Å². The molecule has 0 radical (unpaired) electrons. The van der Waals surface area contributed by atoms with Crippen molar-refractivity contribution in [2.24, 2.45) is 0 Å². The molecule has 0 spiro atoms. The van der Waals surface area contributed by atoms with E-state index in [2.05, 4.69) is 18.4 Å². The lowest BCUT2D eigenvalue weighted by molar-refractivity contribution is 0.896. The van der Waals surface area contributed by atoms with Crippen LogP contribution < -0.4 is 0 Å². The van der Waals surface area contributed by atoms with Crippen molar-refractivity contribution in [3.05, 3.63) is 95.4 Å². The molecule has 0 saturated heterocycles. The summed E-state index contributed by atoms with van der Waals surface area (Å²) in [6.45, 7) is 0. The summed E-state index contributed by atoms with van der Waals surface area (Å²) < 4.78 is 40.9. The van der Waals surface area contributed by atoms with Gasteiger partial charge >= 0.3 is 0 Å². The Morgan fingerprint density at radius 2 is 1.33 bits per heavy atom. The summed E-state index contributed by atoms with van der Waals surface area (Å²) in [5, 5.41) is 0. The lowest BCUT2D eigenvalue weighted by atomic mass is 9.85. The molecule has 0 N–H and O–H groups in total. The van der Waals surface area contributed by atoms with Crippen molar-refractivity contribution in [2.75, 3.05) is 6.26 Å². The van der Waals surface area contributed by atoms with Crippen LogP contribution in [0.5, 0.6) is 0 Å². The maximum Gasteiger partial charge on any atom is 0.164 e. The van der Waals surface area contributed by atoms with E-state index in [9.17, 15) is 0 Å². The Kier molecular flexibility index (Phi) is 2.05. The average molecular weight is 294 g/mol. The third kappa shape index (κ3) is 2.00. The van der Waals surface area contributed by atoms with E-state index in [0.717, 1.165) is 11.1 Å². The van der Waals surface area contributed by atoms with Crippen molar-refractivity contribution in [1.82, 2.24) is 0 Å². The van der Waals surface area contributed by atoms with Crippen LogP contribution >= 0.6 is 0 Å². The molecular formula is C20H17S+. The number of rotatable bonds is 1. The molecule has 0 fully saturated rings. The summed E-state index contributed by atoms with van der Waals surface area (Å²) in [7, 11) is -0.116. The average Bonchev–Trinajstić information content (AvgIpc) is 2.67. The molecule has 0 amide bonds. The summed E-state index contributed by atoms with van der Waals surface area (Å²) >= 11 is 0. The predicted molar refractivity (Wildman–Crippen MR) is 90.1 cm³/mol. The second kappa shape index (κ2) is 5.09. The van der Waals surface area contributed by atoms with Gasteiger partial charge in [-0.15, -0.1) is 0 Å². The van der Waals surface area contributed by atoms with Gasteiger partial charge in [0.2, 0.25) is 0 Å². The smallest absolute Gasteiger partial charge is 0.0622 e. The molecule has 4 rings (SSSR count). The molecule has 1 aliphatic rings.